The molecule has 0 atom stereocenters. The highest BCUT2D eigenvalue weighted by molar-refractivity contribution is 5.74. The smallest absolute Gasteiger partial charge is 0.317 e. The van der Waals surface area contributed by atoms with Crippen LogP contribution in [0.15, 0.2) is 42.7 Å². The molecule has 150 valence electrons. The Hall–Kier alpha value is -2.87. The number of urea groups is 1. The van der Waals surface area contributed by atoms with E-state index in [0.717, 1.165) is 24.1 Å². The molecule has 0 radical (unpaired) electrons. The van der Waals surface area contributed by atoms with E-state index >= 15 is 0 Å². The molecule has 0 spiro atoms. The Morgan fingerprint density at radius 1 is 1.29 bits per heavy atom. The maximum atomic E-state index is 12.0. The predicted molar refractivity (Wildman–Crippen MR) is 105 cm³/mol. The first-order valence-corrected chi connectivity index (χ1v) is 9.64. The van der Waals surface area contributed by atoms with Crippen molar-refractivity contribution in [2.75, 3.05) is 19.6 Å². The van der Waals surface area contributed by atoms with Gasteiger partial charge in [-0.3, -0.25) is 9.69 Å². The van der Waals surface area contributed by atoms with Gasteiger partial charge in [-0.05, 0) is 43.5 Å². The van der Waals surface area contributed by atoms with Gasteiger partial charge < -0.3 is 15.7 Å². The van der Waals surface area contributed by atoms with Gasteiger partial charge in [0.2, 0.25) is 0 Å². The van der Waals surface area contributed by atoms with Crippen molar-refractivity contribution >= 4 is 12.0 Å². The molecule has 1 aromatic carbocycles. The van der Waals surface area contributed by atoms with Gasteiger partial charge in [-0.2, -0.15) is 5.10 Å². The third kappa shape index (κ3) is 5.32. The molecule has 1 saturated carbocycles. The molecule has 1 fully saturated rings. The van der Waals surface area contributed by atoms with Crippen molar-refractivity contribution in [3.05, 3.63) is 48.3 Å². The molecule has 1 aromatic heterocycles. The van der Waals surface area contributed by atoms with E-state index in [1.807, 2.05) is 59.2 Å². The van der Waals surface area contributed by atoms with E-state index in [9.17, 15) is 9.59 Å². The molecule has 8 heteroatoms. The van der Waals surface area contributed by atoms with E-state index in [4.69, 9.17) is 5.11 Å². The second kappa shape index (κ2) is 9.36. The minimum absolute atomic E-state index is 0.0523. The number of rotatable bonds is 9. The Morgan fingerprint density at radius 3 is 2.71 bits per heavy atom. The lowest BCUT2D eigenvalue weighted by Gasteiger charge is -2.42. The van der Waals surface area contributed by atoms with Crippen LogP contribution in [-0.2, 0) is 11.2 Å². The summed E-state index contributed by atoms with van der Waals surface area (Å²) in [6, 6.07) is 10.0. The van der Waals surface area contributed by atoms with E-state index in [1.54, 1.807) is 0 Å². The maximum Gasteiger partial charge on any atom is 0.317 e. The SMILES string of the molecule is CCN(CC(=O)O)C1CC(NC(=O)NCCc2cnn(-c3ccccc3)c2)C1. The van der Waals surface area contributed by atoms with Crippen LogP contribution in [0.4, 0.5) is 4.79 Å². The molecule has 1 aliphatic rings. The fourth-order valence-electron chi connectivity index (χ4n) is 3.44. The van der Waals surface area contributed by atoms with Gasteiger partial charge in [0.15, 0.2) is 0 Å². The number of carbonyl (C=O) groups excluding carboxylic acids is 1. The number of aliphatic carboxylic acids is 1. The van der Waals surface area contributed by atoms with Gasteiger partial charge in [0.1, 0.15) is 0 Å². The predicted octanol–water partition coefficient (Wildman–Crippen LogP) is 1.65. The molecule has 3 rings (SSSR count). The van der Waals surface area contributed by atoms with Crippen molar-refractivity contribution < 1.29 is 14.7 Å². The number of hydrogen-bond donors (Lipinski definition) is 3. The standard InChI is InChI=1S/C20H27N5O3/c1-2-24(14-19(26)27)18-10-16(11-18)23-20(28)21-9-8-15-12-22-25(13-15)17-6-4-3-5-7-17/h3-7,12-13,16,18H,2,8-11,14H2,1H3,(H,26,27)(H2,21,23,28). The van der Waals surface area contributed by atoms with Crippen molar-refractivity contribution in [2.45, 2.75) is 38.3 Å². The van der Waals surface area contributed by atoms with Gasteiger partial charge in [-0.25, -0.2) is 9.48 Å². The average Bonchev–Trinajstić information content (AvgIpc) is 3.12. The van der Waals surface area contributed by atoms with Crippen LogP contribution < -0.4 is 10.6 Å². The van der Waals surface area contributed by atoms with Gasteiger partial charge in [0, 0.05) is 24.8 Å². The summed E-state index contributed by atoms with van der Waals surface area (Å²) in [5.74, 6) is -0.813. The molecule has 28 heavy (non-hydrogen) atoms. The highest BCUT2D eigenvalue weighted by atomic mass is 16.4. The van der Waals surface area contributed by atoms with Gasteiger partial charge >= 0.3 is 12.0 Å². The lowest BCUT2D eigenvalue weighted by molar-refractivity contribution is -0.139. The molecule has 0 bridgehead atoms. The van der Waals surface area contributed by atoms with Gasteiger partial charge in [-0.15, -0.1) is 0 Å². The number of nitrogens with zero attached hydrogens (tertiary/aromatic N) is 3. The Morgan fingerprint density at radius 2 is 2.04 bits per heavy atom. The first-order valence-electron chi connectivity index (χ1n) is 9.64. The molecule has 2 amide bonds. The van der Waals surface area contributed by atoms with Gasteiger partial charge in [-0.1, -0.05) is 25.1 Å². The Kier molecular flexibility index (Phi) is 6.65. The second-order valence-corrected chi connectivity index (χ2v) is 7.06. The van der Waals surface area contributed by atoms with E-state index in [2.05, 4.69) is 15.7 Å². The molecular weight excluding hydrogens is 358 g/mol. The summed E-state index contributed by atoms with van der Waals surface area (Å²) in [6.07, 6.45) is 6.06. The highest BCUT2D eigenvalue weighted by Crippen LogP contribution is 2.25. The van der Waals surface area contributed by atoms with Gasteiger partial charge in [0.25, 0.3) is 0 Å². The zero-order chi connectivity index (χ0) is 19.9. The normalized spacial score (nSPS) is 18.5. The minimum Gasteiger partial charge on any atom is -0.480 e. The maximum absolute atomic E-state index is 12.0. The number of hydrogen-bond acceptors (Lipinski definition) is 4. The minimum atomic E-state index is -0.813. The molecule has 1 heterocycles. The Bertz CT molecular complexity index is 786. The average molecular weight is 385 g/mol. The number of nitrogens with one attached hydrogen (secondary N) is 2. The fraction of sp³-hybridized carbons (Fsp3) is 0.450. The Balaban J connectivity index is 1.35. The number of carboxylic acids is 1. The van der Waals surface area contributed by atoms with Crippen molar-refractivity contribution in [2.24, 2.45) is 0 Å². The molecular formula is C20H27N5O3. The van der Waals surface area contributed by atoms with Crippen LogP contribution in [0, 0.1) is 0 Å². The van der Waals surface area contributed by atoms with Crippen LogP contribution >= 0.6 is 0 Å². The summed E-state index contributed by atoms with van der Waals surface area (Å²) in [4.78, 5) is 24.8. The summed E-state index contributed by atoms with van der Waals surface area (Å²) < 4.78 is 1.82. The van der Waals surface area contributed by atoms with E-state index in [1.165, 1.54) is 0 Å². The Labute approximate surface area is 164 Å². The summed E-state index contributed by atoms with van der Waals surface area (Å²) >= 11 is 0. The zero-order valence-corrected chi connectivity index (χ0v) is 16.0. The molecule has 0 saturated heterocycles. The topological polar surface area (TPSA) is 99.5 Å². The van der Waals surface area contributed by atoms with E-state index < -0.39 is 5.97 Å². The molecule has 3 N–H and O–H groups in total. The van der Waals surface area contributed by atoms with Crippen LogP contribution in [0.25, 0.3) is 5.69 Å². The monoisotopic (exact) mass is 385 g/mol. The largest absolute Gasteiger partial charge is 0.480 e. The third-order valence-electron chi connectivity index (χ3n) is 5.07. The van der Waals surface area contributed by atoms with Crippen LogP contribution in [-0.4, -0.2) is 63.5 Å². The van der Waals surface area contributed by atoms with E-state index in [-0.39, 0.29) is 24.7 Å². The van der Waals surface area contributed by atoms with Crippen molar-refractivity contribution in [1.29, 1.82) is 0 Å². The quantitative estimate of drug-likeness (QED) is 0.610. The molecule has 2 aromatic rings. The van der Waals surface area contributed by atoms with E-state index in [0.29, 0.717) is 19.5 Å². The summed E-state index contributed by atoms with van der Waals surface area (Å²) in [7, 11) is 0. The van der Waals surface area contributed by atoms with Crippen molar-refractivity contribution in [3.63, 3.8) is 0 Å². The third-order valence-corrected chi connectivity index (χ3v) is 5.07. The summed E-state index contributed by atoms with van der Waals surface area (Å²) in [5.41, 5.74) is 2.06. The molecule has 0 unspecified atom stereocenters. The summed E-state index contributed by atoms with van der Waals surface area (Å²) in [6.45, 7) is 3.24. The summed E-state index contributed by atoms with van der Waals surface area (Å²) in [5, 5.41) is 19.1. The molecule has 8 nitrogen and oxygen atoms in total. The number of aromatic nitrogens is 2. The zero-order valence-electron chi connectivity index (χ0n) is 16.0. The first kappa shape index (κ1) is 19.9. The van der Waals surface area contributed by atoms with Crippen LogP contribution in [0.1, 0.15) is 25.3 Å². The molecule has 0 aliphatic heterocycles. The fourth-order valence-corrected chi connectivity index (χ4v) is 3.44. The van der Waals surface area contributed by atoms with Crippen LogP contribution in [0.5, 0.6) is 0 Å². The van der Waals surface area contributed by atoms with Crippen molar-refractivity contribution in [3.8, 4) is 5.69 Å². The number of likely N-dealkylation sites (N-methyl/N-ethyl adjacent to an activating group) is 1. The highest BCUT2D eigenvalue weighted by Gasteiger charge is 2.34. The number of benzene rings is 1. The number of carbonyl (C=O) groups is 2. The first-order chi connectivity index (χ1) is 13.5. The van der Waals surface area contributed by atoms with Gasteiger partial charge in [0.05, 0.1) is 18.4 Å². The number of carboxylic acid groups (broad SMARTS) is 1. The van der Waals surface area contributed by atoms with Crippen molar-refractivity contribution in [1.82, 2.24) is 25.3 Å². The number of amides is 2. The molecule has 1 aliphatic carbocycles. The van der Waals surface area contributed by atoms with Crippen LogP contribution in [0.2, 0.25) is 0 Å². The second-order valence-electron chi connectivity index (χ2n) is 7.06. The van der Waals surface area contributed by atoms with Crippen LogP contribution in [0.3, 0.4) is 0 Å². The lowest BCUT2D eigenvalue weighted by Crippen LogP contribution is -2.56. The lowest BCUT2D eigenvalue weighted by atomic mass is 9.85. The number of para-hydroxylation sites is 1.